The fourth-order valence-corrected chi connectivity index (χ4v) is 3.23. The second-order valence-corrected chi connectivity index (χ2v) is 5.96. The van der Waals surface area contributed by atoms with Crippen molar-refractivity contribution >= 4 is 11.6 Å². The van der Waals surface area contributed by atoms with E-state index >= 15 is 0 Å². The minimum atomic E-state index is -0.781. The zero-order chi connectivity index (χ0) is 19.7. The average molecular weight is 376 g/mol. The van der Waals surface area contributed by atoms with Gasteiger partial charge in [0.15, 0.2) is 23.1 Å². The van der Waals surface area contributed by atoms with Crippen LogP contribution in [0.5, 0.6) is 23.0 Å². The van der Waals surface area contributed by atoms with Crippen LogP contribution in [-0.2, 0) is 4.79 Å². The van der Waals surface area contributed by atoms with Crippen LogP contribution in [0.1, 0.15) is 11.6 Å². The third-order valence-electron chi connectivity index (χ3n) is 4.59. The van der Waals surface area contributed by atoms with Crippen molar-refractivity contribution in [3.63, 3.8) is 0 Å². The Labute approximate surface area is 156 Å². The Morgan fingerprint density at radius 2 is 1.52 bits per heavy atom. The van der Waals surface area contributed by atoms with Crippen LogP contribution < -0.4 is 29.6 Å². The normalized spacial score (nSPS) is 18.7. The third kappa shape index (κ3) is 3.02. The molecule has 2 aromatic rings. The van der Waals surface area contributed by atoms with E-state index < -0.39 is 17.9 Å². The average Bonchev–Trinajstić information content (AvgIpc) is 2.69. The van der Waals surface area contributed by atoms with Crippen LogP contribution in [0.15, 0.2) is 30.3 Å². The highest BCUT2D eigenvalue weighted by Gasteiger charge is 2.47. The maximum atomic E-state index is 14.1. The van der Waals surface area contributed by atoms with E-state index in [1.54, 1.807) is 18.2 Å². The highest BCUT2D eigenvalue weighted by molar-refractivity contribution is 6.06. The molecule has 0 aliphatic carbocycles. The van der Waals surface area contributed by atoms with Gasteiger partial charge in [-0.3, -0.25) is 4.79 Å². The molecule has 1 heterocycles. The summed E-state index contributed by atoms with van der Waals surface area (Å²) in [6.45, 7) is 0. The van der Waals surface area contributed by atoms with Gasteiger partial charge in [-0.05, 0) is 17.7 Å². The standard InChI is InChI=1S/C19H21FN2O5/c1-24-13-6-5-10(7-12(13)20)17-16(21)19(23)22(17)11-8-14(25-2)18(27-4)15(9-11)26-3/h5-9,16-17H,21H2,1-4H3/t16-,17-/m0/s1. The summed E-state index contributed by atoms with van der Waals surface area (Å²) in [4.78, 5) is 14.0. The van der Waals surface area contributed by atoms with Gasteiger partial charge in [0.25, 0.3) is 0 Å². The number of benzene rings is 2. The Kier molecular flexibility index (Phi) is 5.09. The van der Waals surface area contributed by atoms with Gasteiger partial charge in [0, 0.05) is 12.1 Å². The van der Waals surface area contributed by atoms with Crippen LogP contribution in [-0.4, -0.2) is 40.4 Å². The van der Waals surface area contributed by atoms with Gasteiger partial charge in [0.05, 0.1) is 40.2 Å². The number of nitrogens with two attached hydrogens (primary N) is 1. The summed E-state index contributed by atoms with van der Waals surface area (Å²) >= 11 is 0. The zero-order valence-corrected chi connectivity index (χ0v) is 15.5. The van der Waals surface area contributed by atoms with Crippen molar-refractivity contribution in [3.8, 4) is 23.0 Å². The van der Waals surface area contributed by atoms with Crippen LogP contribution in [0, 0.1) is 5.82 Å². The van der Waals surface area contributed by atoms with Crippen molar-refractivity contribution in [3.05, 3.63) is 41.7 Å². The molecule has 27 heavy (non-hydrogen) atoms. The summed E-state index contributed by atoms with van der Waals surface area (Å²) < 4.78 is 35.1. The molecule has 1 aliphatic rings. The first-order valence-electron chi connectivity index (χ1n) is 8.18. The topological polar surface area (TPSA) is 83.3 Å². The van der Waals surface area contributed by atoms with E-state index in [9.17, 15) is 9.18 Å². The van der Waals surface area contributed by atoms with E-state index in [0.29, 0.717) is 28.5 Å². The molecular weight excluding hydrogens is 355 g/mol. The van der Waals surface area contributed by atoms with E-state index in [1.165, 1.54) is 45.5 Å². The zero-order valence-electron chi connectivity index (χ0n) is 15.5. The van der Waals surface area contributed by atoms with Crippen LogP contribution >= 0.6 is 0 Å². The smallest absolute Gasteiger partial charge is 0.247 e. The summed E-state index contributed by atoms with van der Waals surface area (Å²) in [7, 11) is 5.86. The molecule has 0 unspecified atom stereocenters. The molecule has 1 saturated heterocycles. The molecule has 144 valence electrons. The van der Waals surface area contributed by atoms with Crippen LogP contribution in [0.3, 0.4) is 0 Å². The number of anilines is 1. The van der Waals surface area contributed by atoms with Crippen molar-refractivity contribution in [1.29, 1.82) is 0 Å². The second-order valence-electron chi connectivity index (χ2n) is 5.96. The molecule has 1 aliphatic heterocycles. The van der Waals surface area contributed by atoms with Crippen LogP contribution in [0.25, 0.3) is 0 Å². The molecule has 0 aromatic heterocycles. The number of ether oxygens (including phenoxy) is 4. The lowest BCUT2D eigenvalue weighted by molar-refractivity contribution is -0.126. The fraction of sp³-hybridized carbons (Fsp3) is 0.316. The minimum absolute atomic E-state index is 0.123. The molecule has 1 amide bonds. The van der Waals surface area contributed by atoms with E-state index in [4.69, 9.17) is 24.7 Å². The van der Waals surface area contributed by atoms with E-state index in [2.05, 4.69) is 0 Å². The van der Waals surface area contributed by atoms with Gasteiger partial charge < -0.3 is 29.6 Å². The first-order valence-corrected chi connectivity index (χ1v) is 8.18. The molecule has 2 N–H and O–H groups in total. The number of rotatable bonds is 6. The monoisotopic (exact) mass is 376 g/mol. The van der Waals surface area contributed by atoms with Gasteiger partial charge in [-0.25, -0.2) is 4.39 Å². The lowest BCUT2D eigenvalue weighted by atomic mass is 9.88. The molecule has 8 heteroatoms. The molecule has 0 bridgehead atoms. The Morgan fingerprint density at radius 3 is 2.00 bits per heavy atom. The van der Waals surface area contributed by atoms with Crippen molar-refractivity contribution < 1.29 is 28.1 Å². The van der Waals surface area contributed by atoms with Gasteiger partial charge in [0.1, 0.15) is 6.04 Å². The molecule has 0 spiro atoms. The molecule has 2 atom stereocenters. The Bertz CT molecular complexity index is 848. The highest BCUT2D eigenvalue weighted by atomic mass is 19.1. The number of carbonyl (C=O) groups is 1. The fourth-order valence-electron chi connectivity index (χ4n) is 3.23. The number of nitrogens with zero attached hydrogens (tertiary/aromatic N) is 1. The number of hydrogen-bond acceptors (Lipinski definition) is 6. The summed E-state index contributed by atoms with van der Waals surface area (Å²) in [6.07, 6.45) is 0. The van der Waals surface area contributed by atoms with Crippen molar-refractivity contribution in [2.24, 2.45) is 5.73 Å². The van der Waals surface area contributed by atoms with E-state index in [1.807, 2.05) is 0 Å². The van der Waals surface area contributed by atoms with Gasteiger partial charge in [-0.2, -0.15) is 0 Å². The Hall–Kier alpha value is -3.00. The summed E-state index contributed by atoms with van der Waals surface area (Å²) in [6, 6.07) is 6.51. The van der Waals surface area contributed by atoms with E-state index in [-0.39, 0.29) is 11.7 Å². The van der Waals surface area contributed by atoms with Crippen molar-refractivity contribution in [2.45, 2.75) is 12.1 Å². The predicted octanol–water partition coefficient (Wildman–Crippen LogP) is 2.28. The number of carbonyl (C=O) groups excluding carboxylic acids is 1. The number of hydrogen-bond donors (Lipinski definition) is 1. The Morgan fingerprint density at radius 1 is 0.926 bits per heavy atom. The molecule has 1 fully saturated rings. The highest BCUT2D eigenvalue weighted by Crippen LogP contribution is 2.46. The SMILES string of the molecule is COc1ccc([C@H]2[C@H](N)C(=O)N2c2cc(OC)c(OC)c(OC)c2)cc1F. The molecular formula is C19H21FN2O5. The summed E-state index contributed by atoms with van der Waals surface area (Å²) in [5.74, 6) is 0.529. The number of β-lactam (4-membered cyclic amide) rings is 1. The largest absolute Gasteiger partial charge is 0.494 e. The van der Waals surface area contributed by atoms with Gasteiger partial charge in [-0.15, -0.1) is 0 Å². The second kappa shape index (κ2) is 7.32. The molecule has 0 saturated carbocycles. The van der Waals surface area contributed by atoms with E-state index in [0.717, 1.165) is 0 Å². The first kappa shape index (κ1) is 18.8. The summed E-state index contributed by atoms with van der Waals surface area (Å²) in [5, 5.41) is 0. The van der Waals surface area contributed by atoms with Gasteiger partial charge in [0.2, 0.25) is 11.7 Å². The lowest BCUT2D eigenvalue weighted by Crippen LogP contribution is -2.63. The lowest BCUT2D eigenvalue weighted by Gasteiger charge is -2.45. The number of methoxy groups -OCH3 is 4. The molecule has 7 nitrogen and oxygen atoms in total. The molecule has 0 radical (unpaired) electrons. The predicted molar refractivity (Wildman–Crippen MR) is 97.3 cm³/mol. The quantitative estimate of drug-likeness (QED) is 0.779. The van der Waals surface area contributed by atoms with Gasteiger partial charge >= 0.3 is 0 Å². The maximum Gasteiger partial charge on any atom is 0.247 e. The van der Waals surface area contributed by atoms with Crippen molar-refractivity contribution in [1.82, 2.24) is 0 Å². The maximum absolute atomic E-state index is 14.1. The van der Waals surface area contributed by atoms with Crippen LogP contribution in [0.4, 0.5) is 10.1 Å². The Balaban J connectivity index is 2.05. The molecule has 3 rings (SSSR count). The minimum Gasteiger partial charge on any atom is -0.494 e. The summed E-state index contributed by atoms with van der Waals surface area (Å²) in [5.41, 5.74) is 7.09. The third-order valence-corrected chi connectivity index (χ3v) is 4.59. The van der Waals surface area contributed by atoms with Crippen LogP contribution in [0.2, 0.25) is 0 Å². The number of halogens is 1. The van der Waals surface area contributed by atoms with Gasteiger partial charge in [-0.1, -0.05) is 6.07 Å². The number of amides is 1. The van der Waals surface area contributed by atoms with Crippen molar-refractivity contribution in [2.75, 3.05) is 33.3 Å². The first-order chi connectivity index (χ1) is 13.0. The molecule has 2 aromatic carbocycles.